The van der Waals surface area contributed by atoms with Gasteiger partial charge in [-0.15, -0.1) is 0 Å². The van der Waals surface area contributed by atoms with Crippen molar-refractivity contribution in [1.82, 2.24) is 4.57 Å². The fourth-order valence-electron chi connectivity index (χ4n) is 11.3. The normalized spacial score (nSPS) is 29.6. The minimum absolute atomic E-state index is 0.571. The summed E-state index contributed by atoms with van der Waals surface area (Å²) in [6.07, 6.45) is 26.8. The largest absolute Gasteiger partial charge is 0.364 e. The van der Waals surface area contributed by atoms with Crippen LogP contribution >= 0.6 is 0 Å². The Kier molecular flexibility index (Phi) is 6.40. The molecule has 3 saturated carbocycles. The van der Waals surface area contributed by atoms with Crippen molar-refractivity contribution in [2.24, 2.45) is 0 Å². The number of hydrogen-bond acceptors (Lipinski definition) is 2. The third-order valence-electron chi connectivity index (χ3n) is 13.2. The minimum atomic E-state index is 0.571. The zero-order valence-electron chi connectivity index (χ0n) is 27.0. The first-order valence-electron chi connectivity index (χ1n) is 18.8. The lowest BCUT2D eigenvalue weighted by atomic mass is 9.81. The average Bonchev–Trinajstić information content (AvgIpc) is 3.74. The average molecular weight is 596 g/mol. The maximum atomic E-state index is 3.02. The molecule has 3 heteroatoms. The smallest absolute Gasteiger partial charge is 0.0562 e. The van der Waals surface area contributed by atoms with Gasteiger partial charge in [-0.25, -0.2) is 0 Å². The maximum absolute atomic E-state index is 3.02. The van der Waals surface area contributed by atoms with Crippen molar-refractivity contribution < 1.29 is 0 Å². The molecule has 5 atom stereocenters. The van der Waals surface area contributed by atoms with Gasteiger partial charge in [0.25, 0.3) is 0 Å². The second-order valence-electron chi connectivity index (χ2n) is 15.4. The van der Waals surface area contributed by atoms with E-state index in [-0.39, 0.29) is 0 Å². The fraction of sp³-hybridized carbons (Fsp3) is 0.524. The molecule has 0 bridgehead atoms. The first-order chi connectivity index (χ1) is 22.4. The van der Waals surface area contributed by atoms with E-state index in [0.717, 1.165) is 0 Å². The molecule has 3 aromatic carbocycles. The lowest BCUT2D eigenvalue weighted by Crippen LogP contribution is -2.44. The molecule has 0 amide bonds. The zero-order chi connectivity index (χ0) is 29.5. The van der Waals surface area contributed by atoms with E-state index in [4.69, 9.17) is 0 Å². The van der Waals surface area contributed by atoms with E-state index in [1.54, 1.807) is 16.8 Å². The highest BCUT2D eigenvalue weighted by Crippen LogP contribution is 2.55. The first-order valence-corrected chi connectivity index (χ1v) is 18.8. The summed E-state index contributed by atoms with van der Waals surface area (Å²) in [4.78, 5) is 5.88. The van der Waals surface area contributed by atoms with E-state index in [9.17, 15) is 0 Å². The van der Waals surface area contributed by atoms with Crippen LogP contribution in [0.5, 0.6) is 0 Å². The second kappa shape index (κ2) is 10.7. The van der Waals surface area contributed by atoms with Crippen molar-refractivity contribution in [1.29, 1.82) is 0 Å². The number of rotatable bonds is 3. The molecule has 45 heavy (non-hydrogen) atoms. The number of hydrogen-bond donors (Lipinski definition) is 0. The summed E-state index contributed by atoms with van der Waals surface area (Å²) >= 11 is 0. The number of anilines is 2. The van der Waals surface area contributed by atoms with Gasteiger partial charge in [-0.2, -0.15) is 0 Å². The highest BCUT2D eigenvalue weighted by Gasteiger charge is 2.45. The summed E-state index contributed by atoms with van der Waals surface area (Å²) in [5.41, 5.74) is 10.6. The summed E-state index contributed by atoms with van der Waals surface area (Å²) < 4.78 is 2.65. The molecule has 6 aliphatic rings. The molecule has 3 nitrogen and oxygen atoms in total. The van der Waals surface area contributed by atoms with Gasteiger partial charge in [0.15, 0.2) is 0 Å². The van der Waals surface area contributed by atoms with E-state index in [1.165, 1.54) is 136 Å². The van der Waals surface area contributed by atoms with Crippen LogP contribution in [0.1, 0.15) is 126 Å². The SMILES string of the molecule is C1=CC(N2c3ccc(-n4c5ccccc5c5c6c(ccc54)[C@H]4CCCCC4N6C4CCCCC4)cc3[C@@H]3CCCCC32)CCC1. The summed E-state index contributed by atoms with van der Waals surface area (Å²) in [5.74, 6) is 1.39. The summed E-state index contributed by atoms with van der Waals surface area (Å²) in [5, 5.41) is 2.99. The van der Waals surface area contributed by atoms with E-state index in [2.05, 4.69) is 81.1 Å². The molecule has 0 spiro atoms. The molecule has 3 heterocycles. The number of nitrogens with zero attached hydrogens (tertiary/aromatic N) is 3. The minimum Gasteiger partial charge on any atom is -0.364 e. The molecule has 4 aromatic rings. The van der Waals surface area contributed by atoms with E-state index < -0.39 is 0 Å². The van der Waals surface area contributed by atoms with E-state index in [1.807, 2.05) is 0 Å². The third kappa shape index (κ3) is 4.01. The van der Waals surface area contributed by atoms with Crippen molar-refractivity contribution in [3.8, 4) is 5.69 Å². The second-order valence-corrected chi connectivity index (χ2v) is 15.4. The summed E-state index contributed by atoms with van der Waals surface area (Å²) in [7, 11) is 0. The first kappa shape index (κ1) is 27.0. The Morgan fingerprint density at radius 1 is 0.578 bits per heavy atom. The van der Waals surface area contributed by atoms with Crippen LogP contribution in [-0.4, -0.2) is 28.7 Å². The Morgan fingerprint density at radius 3 is 2.16 bits per heavy atom. The molecule has 3 unspecified atom stereocenters. The number of benzene rings is 3. The van der Waals surface area contributed by atoms with Crippen molar-refractivity contribution in [2.75, 3.05) is 9.80 Å². The Hall–Kier alpha value is -3.20. The summed E-state index contributed by atoms with van der Waals surface area (Å²) in [6, 6.07) is 24.7. The van der Waals surface area contributed by atoms with Gasteiger partial charge in [0.1, 0.15) is 0 Å². The number of allylic oxidation sites excluding steroid dienone is 1. The maximum Gasteiger partial charge on any atom is 0.0562 e. The summed E-state index contributed by atoms with van der Waals surface area (Å²) in [6.45, 7) is 0. The van der Waals surface area contributed by atoms with Crippen LogP contribution in [-0.2, 0) is 0 Å². The standard InChI is InChI=1S/C42H49N3/c1-3-13-28(14-4-1)43-36-20-10-8-18-32(36)35-27-30(23-25-39(35)43)44-38-22-12-9-19-34(38)41-40(44)26-24-33-31-17-7-11-21-37(31)45(42(33)41)29-15-5-2-6-16-29/h3,9,12-13,19,22-29,31-32,36-37H,1-2,4-8,10-11,14-18,20-21H2/t28?,31-,32+,36?,37?/m1/s1. The van der Waals surface area contributed by atoms with Gasteiger partial charge in [-0.3, -0.25) is 0 Å². The van der Waals surface area contributed by atoms with Crippen molar-refractivity contribution in [2.45, 2.75) is 139 Å². The Balaban J connectivity index is 1.17. The molecule has 0 N–H and O–H groups in total. The van der Waals surface area contributed by atoms with Gasteiger partial charge in [-0.05, 0) is 99.2 Å². The molecular formula is C42H49N3. The highest BCUT2D eigenvalue weighted by molar-refractivity contribution is 6.16. The Bertz CT molecular complexity index is 1790. The van der Waals surface area contributed by atoms with Crippen LogP contribution in [0.2, 0.25) is 0 Å². The number of aromatic nitrogens is 1. The van der Waals surface area contributed by atoms with Crippen LogP contribution in [0.25, 0.3) is 27.5 Å². The zero-order valence-corrected chi connectivity index (χ0v) is 27.0. The van der Waals surface area contributed by atoms with E-state index >= 15 is 0 Å². The Morgan fingerprint density at radius 2 is 1.33 bits per heavy atom. The predicted molar refractivity (Wildman–Crippen MR) is 189 cm³/mol. The van der Waals surface area contributed by atoms with Crippen molar-refractivity contribution in [3.05, 3.63) is 77.9 Å². The van der Waals surface area contributed by atoms with Crippen LogP contribution < -0.4 is 9.80 Å². The molecule has 1 aromatic heterocycles. The predicted octanol–water partition coefficient (Wildman–Crippen LogP) is 10.9. The Labute approximate surface area is 269 Å². The molecule has 0 radical (unpaired) electrons. The van der Waals surface area contributed by atoms with Gasteiger partial charge in [0.2, 0.25) is 0 Å². The molecule has 0 saturated heterocycles. The van der Waals surface area contributed by atoms with Gasteiger partial charge >= 0.3 is 0 Å². The number of fused-ring (bicyclic) bond motifs is 10. The monoisotopic (exact) mass is 595 g/mol. The molecular weight excluding hydrogens is 546 g/mol. The topological polar surface area (TPSA) is 11.4 Å². The quantitative estimate of drug-likeness (QED) is 0.218. The van der Waals surface area contributed by atoms with Crippen LogP contribution in [0.15, 0.2) is 66.7 Å². The van der Waals surface area contributed by atoms with Crippen LogP contribution in [0.3, 0.4) is 0 Å². The van der Waals surface area contributed by atoms with Crippen molar-refractivity contribution >= 4 is 33.2 Å². The number of para-hydroxylation sites is 1. The molecule has 3 fully saturated rings. The van der Waals surface area contributed by atoms with Gasteiger partial charge in [-0.1, -0.05) is 81.4 Å². The molecule has 2 aliphatic heterocycles. The molecule has 10 rings (SSSR count). The fourth-order valence-corrected chi connectivity index (χ4v) is 11.3. The highest BCUT2D eigenvalue weighted by atomic mass is 15.2. The van der Waals surface area contributed by atoms with Crippen LogP contribution in [0.4, 0.5) is 11.4 Å². The third-order valence-corrected chi connectivity index (χ3v) is 13.2. The lowest BCUT2D eigenvalue weighted by Gasteiger charge is -2.41. The lowest BCUT2D eigenvalue weighted by molar-refractivity contribution is 0.331. The van der Waals surface area contributed by atoms with Gasteiger partial charge in [0.05, 0.1) is 16.7 Å². The van der Waals surface area contributed by atoms with Crippen LogP contribution in [0, 0.1) is 0 Å². The molecule has 232 valence electrons. The van der Waals surface area contributed by atoms with Crippen molar-refractivity contribution in [3.63, 3.8) is 0 Å². The van der Waals surface area contributed by atoms with Gasteiger partial charge < -0.3 is 14.4 Å². The van der Waals surface area contributed by atoms with Gasteiger partial charge in [0, 0.05) is 58.2 Å². The van der Waals surface area contributed by atoms with E-state index in [0.29, 0.717) is 36.0 Å². The molecule has 4 aliphatic carbocycles.